The third-order valence-corrected chi connectivity index (χ3v) is 7.52. The Morgan fingerprint density at radius 1 is 0.865 bits per heavy atom. The second-order valence-electron chi connectivity index (χ2n) is 8.91. The predicted octanol–water partition coefficient (Wildman–Crippen LogP) is 4.69. The molecule has 4 rings (SSSR count). The van der Waals surface area contributed by atoms with Crippen LogP contribution in [0.2, 0.25) is 0 Å². The predicted molar refractivity (Wildman–Crippen MR) is 144 cm³/mol. The van der Waals surface area contributed by atoms with Gasteiger partial charge in [-0.2, -0.15) is 0 Å². The van der Waals surface area contributed by atoms with E-state index in [1.54, 1.807) is 29.9 Å². The topological polar surface area (TPSA) is 111 Å². The van der Waals surface area contributed by atoms with Crippen molar-refractivity contribution in [1.82, 2.24) is 4.57 Å². The first kappa shape index (κ1) is 26.8. The molecule has 3 aromatic rings. The lowest BCUT2D eigenvalue weighted by Crippen LogP contribution is -2.36. The van der Waals surface area contributed by atoms with Gasteiger partial charge in [0, 0.05) is 23.0 Å². The van der Waals surface area contributed by atoms with Crippen molar-refractivity contribution in [2.75, 3.05) is 35.5 Å². The summed E-state index contributed by atoms with van der Waals surface area (Å²) in [6.45, 7) is 0. The van der Waals surface area contributed by atoms with Crippen molar-refractivity contribution in [2.24, 2.45) is 5.73 Å². The molecule has 0 unspecified atom stereocenters. The van der Waals surface area contributed by atoms with Gasteiger partial charge >= 0.3 is 5.97 Å². The lowest BCUT2D eigenvalue weighted by Gasteiger charge is -2.30. The normalized spacial score (nSPS) is 17.4. The molecule has 10 heteroatoms. The maximum absolute atomic E-state index is 14.1. The van der Waals surface area contributed by atoms with Crippen LogP contribution in [0.15, 0.2) is 33.5 Å². The fourth-order valence-corrected chi connectivity index (χ4v) is 5.71. The van der Waals surface area contributed by atoms with E-state index in [0.29, 0.717) is 62.2 Å². The number of esters is 1. The highest BCUT2D eigenvalue weighted by molar-refractivity contribution is 9.10. The average molecular weight is 575 g/mol. The van der Waals surface area contributed by atoms with Gasteiger partial charge in [0.2, 0.25) is 0 Å². The summed E-state index contributed by atoms with van der Waals surface area (Å²) in [5, 5.41) is 0.909. The van der Waals surface area contributed by atoms with Gasteiger partial charge in [0.25, 0.3) is 5.56 Å². The largest absolute Gasteiger partial charge is 0.493 e. The first-order chi connectivity index (χ1) is 17.8. The molecule has 9 nitrogen and oxygen atoms in total. The van der Waals surface area contributed by atoms with E-state index in [1.807, 2.05) is 6.07 Å². The van der Waals surface area contributed by atoms with Crippen molar-refractivity contribution < 1.29 is 28.5 Å². The number of halogens is 1. The van der Waals surface area contributed by atoms with Crippen molar-refractivity contribution >= 4 is 32.7 Å². The quantitative estimate of drug-likeness (QED) is 0.404. The molecule has 0 spiro atoms. The molecule has 0 aliphatic heterocycles. The van der Waals surface area contributed by atoms with E-state index >= 15 is 0 Å². The van der Waals surface area contributed by atoms with Crippen LogP contribution in [0.4, 0.5) is 0 Å². The summed E-state index contributed by atoms with van der Waals surface area (Å²) >= 11 is 3.56. The Morgan fingerprint density at radius 3 is 2.00 bits per heavy atom. The number of fused-ring (bicyclic) bond motifs is 1. The Balaban J connectivity index is 2.20. The molecule has 0 radical (unpaired) electrons. The zero-order valence-corrected chi connectivity index (χ0v) is 23.1. The minimum Gasteiger partial charge on any atom is -0.493 e. The Bertz CT molecular complexity index is 1390. The summed E-state index contributed by atoms with van der Waals surface area (Å²) in [5.41, 5.74) is 7.15. The molecule has 0 bridgehead atoms. The number of nitrogens with zero attached hydrogens (tertiary/aromatic N) is 1. The van der Waals surface area contributed by atoms with Gasteiger partial charge in [-0.15, -0.1) is 0 Å². The van der Waals surface area contributed by atoms with E-state index in [4.69, 9.17) is 29.4 Å². The second-order valence-corrected chi connectivity index (χ2v) is 9.76. The van der Waals surface area contributed by atoms with Crippen LogP contribution in [0, 0.1) is 0 Å². The zero-order chi connectivity index (χ0) is 26.9. The van der Waals surface area contributed by atoms with Gasteiger partial charge in [-0.3, -0.25) is 9.36 Å². The van der Waals surface area contributed by atoms with Gasteiger partial charge < -0.3 is 29.4 Å². The molecule has 1 fully saturated rings. The van der Waals surface area contributed by atoms with Gasteiger partial charge in [-0.1, -0.05) is 0 Å². The third-order valence-electron chi connectivity index (χ3n) is 6.93. The fraction of sp³-hybridized carbons (Fsp3) is 0.407. The summed E-state index contributed by atoms with van der Waals surface area (Å²) in [7, 11) is 7.42. The Morgan fingerprint density at radius 2 is 1.46 bits per heavy atom. The standard InChI is InChI=1S/C27H31BrN2O7/c1-33-20-12-17-18(13-21(20)34-2)26(31)30(16-8-6-15(29)7-9-16)24(27(32)37-5)23(17)14-10-19(28)25(36-4)22(11-14)35-3/h10-13,15-16H,6-9,29H2,1-5H3. The Labute approximate surface area is 223 Å². The molecular formula is C27H31BrN2O7. The number of carbonyl (C=O) groups excluding carboxylic acids is 1. The molecule has 1 aliphatic rings. The molecule has 0 atom stereocenters. The maximum atomic E-state index is 14.1. The molecule has 1 aromatic heterocycles. The van der Waals surface area contributed by atoms with Crippen LogP contribution in [-0.4, -0.2) is 52.1 Å². The van der Waals surface area contributed by atoms with Gasteiger partial charge in [-0.05, 0) is 71.4 Å². The molecule has 0 amide bonds. The van der Waals surface area contributed by atoms with E-state index in [-0.39, 0.29) is 23.3 Å². The zero-order valence-electron chi connectivity index (χ0n) is 21.6. The lowest BCUT2D eigenvalue weighted by molar-refractivity contribution is 0.0583. The number of carbonyl (C=O) groups is 1. The van der Waals surface area contributed by atoms with Gasteiger partial charge in [0.1, 0.15) is 5.69 Å². The number of nitrogens with two attached hydrogens (primary N) is 1. The molecule has 198 valence electrons. The van der Waals surface area contributed by atoms with E-state index in [0.717, 1.165) is 12.8 Å². The first-order valence-electron chi connectivity index (χ1n) is 11.9. The molecule has 2 aromatic carbocycles. The smallest absolute Gasteiger partial charge is 0.355 e. The molecule has 2 N–H and O–H groups in total. The van der Waals surface area contributed by atoms with Crippen molar-refractivity contribution in [3.05, 3.63) is 44.8 Å². The number of rotatable bonds is 7. The SMILES string of the molecule is COC(=O)c1c(-c2cc(Br)c(OC)c(OC)c2)c2cc(OC)c(OC)cc2c(=O)n1C1CCC(N)CC1. The van der Waals surface area contributed by atoms with Crippen LogP contribution >= 0.6 is 15.9 Å². The summed E-state index contributed by atoms with van der Waals surface area (Å²) in [6.07, 6.45) is 2.83. The van der Waals surface area contributed by atoms with Crippen molar-refractivity contribution in [1.29, 1.82) is 0 Å². The third kappa shape index (κ3) is 4.75. The second kappa shape index (κ2) is 11.0. The highest BCUT2D eigenvalue weighted by Crippen LogP contribution is 2.44. The van der Waals surface area contributed by atoms with E-state index in [2.05, 4.69) is 15.9 Å². The molecular weight excluding hydrogens is 544 g/mol. The summed E-state index contributed by atoms with van der Waals surface area (Å²) in [5.74, 6) is 1.17. The number of hydrogen-bond acceptors (Lipinski definition) is 8. The lowest BCUT2D eigenvalue weighted by atomic mass is 9.89. The van der Waals surface area contributed by atoms with Crippen LogP contribution in [0.5, 0.6) is 23.0 Å². The van der Waals surface area contributed by atoms with Gasteiger partial charge in [-0.25, -0.2) is 4.79 Å². The fourth-order valence-electron chi connectivity index (χ4n) is 5.10. The van der Waals surface area contributed by atoms with Gasteiger partial charge in [0.15, 0.2) is 23.0 Å². The molecule has 37 heavy (non-hydrogen) atoms. The van der Waals surface area contributed by atoms with E-state index in [1.165, 1.54) is 28.4 Å². The molecule has 1 heterocycles. The van der Waals surface area contributed by atoms with Crippen LogP contribution in [0.1, 0.15) is 42.2 Å². The number of methoxy groups -OCH3 is 5. The highest BCUT2D eigenvalue weighted by Gasteiger charge is 2.31. The number of benzene rings is 2. The molecule has 1 aliphatic carbocycles. The average Bonchev–Trinajstić information content (AvgIpc) is 2.91. The van der Waals surface area contributed by atoms with Crippen molar-refractivity contribution in [2.45, 2.75) is 37.8 Å². The first-order valence-corrected chi connectivity index (χ1v) is 12.7. The Kier molecular flexibility index (Phi) is 7.99. The van der Waals surface area contributed by atoms with Crippen molar-refractivity contribution in [3.63, 3.8) is 0 Å². The minimum absolute atomic E-state index is 0.0691. The van der Waals surface area contributed by atoms with Crippen LogP contribution in [-0.2, 0) is 4.74 Å². The van der Waals surface area contributed by atoms with Gasteiger partial charge in [0.05, 0.1) is 45.4 Å². The van der Waals surface area contributed by atoms with Crippen LogP contribution in [0.25, 0.3) is 21.9 Å². The maximum Gasteiger partial charge on any atom is 0.355 e. The number of hydrogen-bond donors (Lipinski definition) is 1. The summed E-state index contributed by atoms with van der Waals surface area (Å²) in [4.78, 5) is 27.5. The number of aromatic nitrogens is 1. The molecule has 0 saturated heterocycles. The van der Waals surface area contributed by atoms with Crippen LogP contribution in [0.3, 0.4) is 0 Å². The Hall–Kier alpha value is -3.24. The van der Waals surface area contributed by atoms with Crippen molar-refractivity contribution in [3.8, 4) is 34.1 Å². The van der Waals surface area contributed by atoms with E-state index in [9.17, 15) is 9.59 Å². The van der Waals surface area contributed by atoms with E-state index < -0.39 is 5.97 Å². The molecule has 1 saturated carbocycles. The highest BCUT2D eigenvalue weighted by atomic mass is 79.9. The minimum atomic E-state index is -0.621. The summed E-state index contributed by atoms with van der Waals surface area (Å²) in [6, 6.07) is 6.81. The summed E-state index contributed by atoms with van der Waals surface area (Å²) < 4.78 is 29.6. The monoisotopic (exact) mass is 574 g/mol. The van der Waals surface area contributed by atoms with Crippen LogP contribution < -0.4 is 30.2 Å². The number of pyridine rings is 1. The number of ether oxygens (including phenoxy) is 5.